The van der Waals surface area contributed by atoms with Crippen LogP contribution in [-0.4, -0.2) is 14.9 Å². The first-order chi connectivity index (χ1) is 9.49. The Bertz CT molecular complexity index is 576. The van der Waals surface area contributed by atoms with E-state index in [0.717, 1.165) is 29.9 Å². The Labute approximate surface area is 125 Å². The second-order valence-electron chi connectivity index (χ2n) is 5.19. The summed E-state index contributed by atoms with van der Waals surface area (Å²) in [7, 11) is 0. The molecule has 1 N–H and O–H groups in total. The molecule has 1 aromatic carbocycles. The maximum atomic E-state index is 10.8. The Morgan fingerprint density at radius 2 is 1.90 bits per heavy atom. The number of hydrogen-bond donors (Lipinski definition) is 1. The van der Waals surface area contributed by atoms with E-state index in [1.165, 1.54) is 0 Å². The van der Waals surface area contributed by atoms with Crippen LogP contribution in [0.15, 0.2) is 30.3 Å². The van der Waals surface area contributed by atoms with Crippen LogP contribution in [0, 0.1) is 0 Å². The van der Waals surface area contributed by atoms with Gasteiger partial charge < -0.3 is 5.11 Å². The number of aryl methyl sites for hydroxylation is 2. The Morgan fingerprint density at radius 3 is 2.45 bits per heavy atom. The van der Waals surface area contributed by atoms with E-state index in [1.54, 1.807) is 0 Å². The second kappa shape index (κ2) is 5.98. The molecule has 0 aliphatic heterocycles. The summed E-state index contributed by atoms with van der Waals surface area (Å²) in [6.07, 6.45) is 1.25. The molecule has 0 aliphatic rings. The lowest BCUT2D eigenvalue weighted by molar-refractivity contribution is 0.0554. The first kappa shape index (κ1) is 15.1. The van der Waals surface area contributed by atoms with Crippen molar-refractivity contribution < 1.29 is 5.11 Å². The van der Waals surface area contributed by atoms with Gasteiger partial charge in [-0.05, 0) is 25.8 Å². The first-order valence-electron chi connectivity index (χ1n) is 7.01. The minimum absolute atomic E-state index is 0.455. The van der Waals surface area contributed by atoms with E-state index in [2.05, 4.69) is 5.10 Å². The van der Waals surface area contributed by atoms with Gasteiger partial charge in [-0.3, -0.25) is 4.68 Å². The summed E-state index contributed by atoms with van der Waals surface area (Å²) in [6, 6.07) is 9.67. The van der Waals surface area contributed by atoms with Crippen LogP contribution in [0.4, 0.5) is 0 Å². The fraction of sp³-hybridized carbons (Fsp3) is 0.438. The molecule has 108 valence electrons. The zero-order valence-electron chi connectivity index (χ0n) is 12.2. The predicted molar refractivity (Wildman–Crippen MR) is 82.0 cm³/mol. The molecular formula is C16H21ClN2O. The molecule has 1 heterocycles. The normalized spacial score (nSPS) is 14.2. The van der Waals surface area contributed by atoms with Crippen molar-refractivity contribution in [2.75, 3.05) is 0 Å². The van der Waals surface area contributed by atoms with Crippen molar-refractivity contribution in [2.45, 2.75) is 45.8 Å². The van der Waals surface area contributed by atoms with Gasteiger partial charge in [-0.1, -0.05) is 48.9 Å². The summed E-state index contributed by atoms with van der Waals surface area (Å²) in [4.78, 5) is 0. The summed E-state index contributed by atoms with van der Waals surface area (Å²) in [6.45, 7) is 6.63. The summed E-state index contributed by atoms with van der Waals surface area (Å²) in [5.41, 5.74) is 1.73. The predicted octanol–water partition coefficient (Wildman–Crippen LogP) is 3.57. The Kier molecular flexibility index (Phi) is 4.51. The van der Waals surface area contributed by atoms with Crippen LogP contribution < -0.4 is 0 Å². The maximum absolute atomic E-state index is 10.8. The Balaban J connectivity index is 2.36. The number of nitrogens with zero attached hydrogens (tertiary/aromatic N) is 2. The van der Waals surface area contributed by atoms with Gasteiger partial charge in [-0.2, -0.15) is 5.10 Å². The minimum Gasteiger partial charge on any atom is -0.385 e. The SMILES string of the molecule is CCc1nn(CC)c(CC(C)(O)c2ccccc2)c1Cl. The third-order valence-electron chi connectivity index (χ3n) is 3.60. The minimum atomic E-state index is -0.955. The lowest BCUT2D eigenvalue weighted by atomic mass is 9.91. The van der Waals surface area contributed by atoms with Crippen molar-refractivity contribution in [1.29, 1.82) is 0 Å². The molecule has 1 unspecified atom stereocenters. The largest absolute Gasteiger partial charge is 0.385 e. The molecule has 4 heteroatoms. The fourth-order valence-corrected chi connectivity index (χ4v) is 2.75. The van der Waals surface area contributed by atoms with Crippen molar-refractivity contribution in [3.63, 3.8) is 0 Å². The van der Waals surface area contributed by atoms with Gasteiger partial charge >= 0.3 is 0 Å². The topological polar surface area (TPSA) is 38.0 Å². The zero-order valence-corrected chi connectivity index (χ0v) is 13.0. The number of halogens is 1. The quantitative estimate of drug-likeness (QED) is 0.915. The van der Waals surface area contributed by atoms with Crippen LogP contribution in [0.5, 0.6) is 0 Å². The van der Waals surface area contributed by atoms with E-state index in [1.807, 2.05) is 55.8 Å². The summed E-state index contributed by atoms with van der Waals surface area (Å²) >= 11 is 6.41. The van der Waals surface area contributed by atoms with Crippen LogP contribution in [0.3, 0.4) is 0 Å². The molecule has 1 aromatic heterocycles. The molecule has 0 saturated heterocycles. The average molecular weight is 293 g/mol. The molecule has 2 aromatic rings. The molecular weight excluding hydrogens is 272 g/mol. The molecule has 20 heavy (non-hydrogen) atoms. The van der Waals surface area contributed by atoms with Crippen molar-refractivity contribution in [3.05, 3.63) is 52.3 Å². The van der Waals surface area contributed by atoms with Crippen molar-refractivity contribution in [1.82, 2.24) is 9.78 Å². The van der Waals surface area contributed by atoms with Gasteiger partial charge in [0.1, 0.15) is 0 Å². The van der Waals surface area contributed by atoms with E-state index in [0.29, 0.717) is 11.4 Å². The van der Waals surface area contributed by atoms with Gasteiger partial charge in [-0.25, -0.2) is 0 Å². The molecule has 0 fully saturated rings. The number of rotatable bonds is 5. The highest BCUT2D eigenvalue weighted by molar-refractivity contribution is 6.31. The monoisotopic (exact) mass is 292 g/mol. The van der Waals surface area contributed by atoms with Gasteiger partial charge in [0.05, 0.1) is 22.0 Å². The van der Waals surface area contributed by atoms with Crippen molar-refractivity contribution in [2.24, 2.45) is 0 Å². The van der Waals surface area contributed by atoms with E-state index < -0.39 is 5.60 Å². The zero-order chi connectivity index (χ0) is 14.8. The lowest BCUT2D eigenvalue weighted by Gasteiger charge is -2.24. The third kappa shape index (κ3) is 2.89. The molecule has 0 aliphatic carbocycles. The number of aromatic nitrogens is 2. The van der Waals surface area contributed by atoms with Crippen LogP contribution >= 0.6 is 11.6 Å². The van der Waals surface area contributed by atoms with E-state index in [-0.39, 0.29) is 0 Å². The highest BCUT2D eigenvalue weighted by Gasteiger charge is 2.27. The second-order valence-corrected chi connectivity index (χ2v) is 5.57. The highest BCUT2D eigenvalue weighted by Crippen LogP contribution is 2.30. The molecule has 0 amide bonds. The van der Waals surface area contributed by atoms with Gasteiger partial charge in [0, 0.05) is 13.0 Å². The number of aliphatic hydroxyl groups is 1. The Morgan fingerprint density at radius 1 is 1.25 bits per heavy atom. The van der Waals surface area contributed by atoms with Gasteiger partial charge in [0.25, 0.3) is 0 Å². The van der Waals surface area contributed by atoms with Gasteiger partial charge in [0.2, 0.25) is 0 Å². The third-order valence-corrected chi connectivity index (χ3v) is 4.04. The standard InChI is InChI=1S/C16H21ClN2O/c1-4-13-15(17)14(19(5-2)18-13)11-16(3,20)12-9-7-6-8-10-12/h6-10,20H,4-5,11H2,1-3H3. The van der Waals surface area contributed by atoms with E-state index in [9.17, 15) is 5.11 Å². The first-order valence-corrected chi connectivity index (χ1v) is 7.39. The fourth-order valence-electron chi connectivity index (χ4n) is 2.41. The number of benzene rings is 1. The van der Waals surface area contributed by atoms with E-state index >= 15 is 0 Å². The molecule has 2 rings (SSSR count). The van der Waals surface area contributed by atoms with Crippen molar-refractivity contribution in [3.8, 4) is 0 Å². The summed E-state index contributed by atoms with van der Waals surface area (Å²) in [5.74, 6) is 0. The van der Waals surface area contributed by atoms with E-state index in [4.69, 9.17) is 11.6 Å². The Hall–Kier alpha value is -1.32. The molecule has 3 nitrogen and oxygen atoms in total. The maximum Gasteiger partial charge on any atom is 0.0924 e. The van der Waals surface area contributed by atoms with Crippen LogP contribution in [0.2, 0.25) is 5.02 Å². The summed E-state index contributed by atoms with van der Waals surface area (Å²) < 4.78 is 1.89. The molecule has 0 bridgehead atoms. The van der Waals surface area contributed by atoms with Crippen LogP contribution in [0.25, 0.3) is 0 Å². The van der Waals surface area contributed by atoms with Gasteiger partial charge in [0.15, 0.2) is 0 Å². The molecule has 0 radical (unpaired) electrons. The molecule has 0 spiro atoms. The number of hydrogen-bond acceptors (Lipinski definition) is 2. The average Bonchev–Trinajstić information content (AvgIpc) is 2.76. The highest BCUT2D eigenvalue weighted by atomic mass is 35.5. The van der Waals surface area contributed by atoms with Crippen LogP contribution in [0.1, 0.15) is 37.7 Å². The lowest BCUT2D eigenvalue weighted by Crippen LogP contribution is -2.26. The smallest absolute Gasteiger partial charge is 0.0924 e. The van der Waals surface area contributed by atoms with Crippen LogP contribution in [-0.2, 0) is 25.0 Å². The molecule has 1 atom stereocenters. The van der Waals surface area contributed by atoms with Gasteiger partial charge in [-0.15, -0.1) is 0 Å². The molecule has 0 saturated carbocycles. The van der Waals surface area contributed by atoms with Crippen molar-refractivity contribution >= 4 is 11.6 Å². The summed E-state index contributed by atoms with van der Waals surface area (Å²) in [5, 5.41) is 15.9.